The standard InChI is InChI=1S/C15H22N2O4/c1-10(8-18)16-7-3-2-4-11-5-6-12(19)14-15(11)21-9-13(20)17-14/h5-6,10,16,18-19H,2-4,7-9H2,1H3,(H,17,20). The Bertz CT molecular complexity index is 505. The van der Waals surface area contributed by atoms with Gasteiger partial charge in [0.2, 0.25) is 0 Å². The molecule has 6 heteroatoms. The first-order chi connectivity index (χ1) is 10.1. The number of phenols is 1. The molecule has 2 rings (SSSR count). The molecule has 1 heterocycles. The Kier molecular flexibility index (Phi) is 5.41. The zero-order valence-electron chi connectivity index (χ0n) is 12.2. The first-order valence-corrected chi connectivity index (χ1v) is 7.23. The van der Waals surface area contributed by atoms with Crippen LogP contribution in [0.2, 0.25) is 0 Å². The summed E-state index contributed by atoms with van der Waals surface area (Å²) in [6, 6.07) is 3.52. The second kappa shape index (κ2) is 7.28. The van der Waals surface area contributed by atoms with E-state index in [-0.39, 0.29) is 30.9 Å². The summed E-state index contributed by atoms with van der Waals surface area (Å²) in [6.07, 6.45) is 2.75. The number of carbonyl (C=O) groups is 1. The fraction of sp³-hybridized carbons (Fsp3) is 0.533. The molecular formula is C15H22N2O4. The first-order valence-electron chi connectivity index (χ1n) is 7.23. The molecule has 116 valence electrons. The highest BCUT2D eigenvalue weighted by atomic mass is 16.5. The molecule has 1 aliphatic rings. The van der Waals surface area contributed by atoms with Gasteiger partial charge in [-0.05, 0) is 44.4 Å². The third-order valence-corrected chi connectivity index (χ3v) is 3.47. The molecule has 0 saturated heterocycles. The van der Waals surface area contributed by atoms with Gasteiger partial charge in [-0.25, -0.2) is 0 Å². The SMILES string of the molecule is CC(CO)NCCCCc1ccc(O)c2c1OCC(=O)N2. The lowest BCUT2D eigenvalue weighted by molar-refractivity contribution is -0.118. The molecular weight excluding hydrogens is 272 g/mol. The van der Waals surface area contributed by atoms with Crippen molar-refractivity contribution in [1.82, 2.24) is 5.32 Å². The Labute approximate surface area is 124 Å². The third kappa shape index (κ3) is 4.09. The van der Waals surface area contributed by atoms with E-state index in [9.17, 15) is 9.90 Å². The molecule has 0 saturated carbocycles. The average Bonchev–Trinajstić information content (AvgIpc) is 2.49. The molecule has 1 aromatic carbocycles. The molecule has 1 aromatic rings. The lowest BCUT2D eigenvalue weighted by atomic mass is 10.0. The number of aliphatic hydroxyl groups excluding tert-OH is 1. The molecule has 0 aliphatic carbocycles. The minimum atomic E-state index is -0.253. The minimum absolute atomic E-state index is 0.0149. The lowest BCUT2D eigenvalue weighted by Gasteiger charge is -2.21. The number of fused-ring (bicyclic) bond motifs is 1. The Morgan fingerprint density at radius 2 is 2.24 bits per heavy atom. The number of aliphatic hydroxyl groups is 1. The van der Waals surface area contributed by atoms with Crippen LogP contribution >= 0.6 is 0 Å². The van der Waals surface area contributed by atoms with Gasteiger partial charge in [0.05, 0.1) is 6.61 Å². The zero-order chi connectivity index (χ0) is 15.2. The largest absolute Gasteiger partial charge is 0.506 e. The number of ether oxygens (including phenoxy) is 1. The maximum atomic E-state index is 11.3. The van der Waals surface area contributed by atoms with Gasteiger partial charge in [0, 0.05) is 6.04 Å². The van der Waals surface area contributed by atoms with Gasteiger partial charge in [0.25, 0.3) is 5.91 Å². The maximum Gasteiger partial charge on any atom is 0.262 e. The van der Waals surface area contributed by atoms with Gasteiger partial charge in [0.1, 0.15) is 11.4 Å². The third-order valence-electron chi connectivity index (χ3n) is 3.47. The van der Waals surface area contributed by atoms with Crippen molar-refractivity contribution in [2.45, 2.75) is 32.2 Å². The van der Waals surface area contributed by atoms with Crippen molar-refractivity contribution in [3.63, 3.8) is 0 Å². The topological polar surface area (TPSA) is 90.8 Å². The van der Waals surface area contributed by atoms with E-state index in [4.69, 9.17) is 9.84 Å². The van der Waals surface area contributed by atoms with Gasteiger partial charge in [-0.15, -0.1) is 0 Å². The van der Waals surface area contributed by atoms with Gasteiger partial charge in [0.15, 0.2) is 12.4 Å². The quantitative estimate of drug-likeness (QED) is 0.445. The highest BCUT2D eigenvalue weighted by Crippen LogP contribution is 2.39. The van der Waals surface area contributed by atoms with Crippen molar-refractivity contribution in [3.8, 4) is 11.5 Å². The molecule has 0 spiro atoms. The number of hydrogen-bond donors (Lipinski definition) is 4. The number of amides is 1. The summed E-state index contributed by atoms with van der Waals surface area (Å²) in [4.78, 5) is 11.3. The lowest BCUT2D eigenvalue weighted by Crippen LogP contribution is -2.30. The Hall–Kier alpha value is -1.79. The number of nitrogens with one attached hydrogen (secondary N) is 2. The minimum Gasteiger partial charge on any atom is -0.506 e. The van der Waals surface area contributed by atoms with E-state index in [1.165, 1.54) is 0 Å². The molecule has 0 bridgehead atoms. The summed E-state index contributed by atoms with van der Waals surface area (Å²) >= 11 is 0. The number of unbranched alkanes of at least 4 members (excludes halogenated alkanes) is 1. The summed E-state index contributed by atoms with van der Waals surface area (Å²) in [5.74, 6) is 0.351. The fourth-order valence-corrected chi connectivity index (χ4v) is 2.26. The van der Waals surface area contributed by atoms with Crippen molar-refractivity contribution < 1.29 is 19.7 Å². The van der Waals surface area contributed by atoms with Crippen LogP contribution in [-0.2, 0) is 11.2 Å². The monoisotopic (exact) mass is 294 g/mol. The average molecular weight is 294 g/mol. The van der Waals surface area contributed by atoms with Crippen LogP contribution < -0.4 is 15.4 Å². The van der Waals surface area contributed by atoms with Crippen LogP contribution in [0.3, 0.4) is 0 Å². The van der Waals surface area contributed by atoms with E-state index in [2.05, 4.69) is 10.6 Å². The number of hydrogen-bond acceptors (Lipinski definition) is 5. The van der Waals surface area contributed by atoms with Gasteiger partial charge < -0.3 is 25.6 Å². The van der Waals surface area contributed by atoms with Crippen molar-refractivity contribution in [3.05, 3.63) is 17.7 Å². The van der Waals surface area contributed by atoms with Crippen LogP contribution in [-0.4, -0.2) is 41.9 Å². The van der Waals surface area contributed by atoms with E-state index >= 15 is 0 Å². The molecule has 1 amide bonds. The fourth-order valence-electron chi connectivity index (χ4n) is 2.26. The van der Waals surface area contributed by atoms with E-state index < -0.39 is 0 Å². The van der Waals surface area contributed by atoms with Crippen molar-refractivity contribution in [2.24, 2.45) is 0 Å². The van der Waals surface area contributed by atoms with Crippen LogP contribution in [0.15, 0.2) is 12.1 Å². The molecule has 0 fully saturated rings. The highest BCUT2D eigenvalue weighted by Gasteiger charge is 2.22. The van der Waals surface area contributed by atoms with Gasteiger partial charge >= 0.3 is 0 Å². The molecule has 1 aliphatic heterocycles. The van der Waals surface area contributed by atoms with Crippen LogP contribution in [0.1, 0.15) is 25.3 Å². The molecule has 1 unspecified atom stereocenters. The number of rotatable bonds is 7. The summed E-state index contributed by atoms with van der Waals surface area (Å²) in [6.45, 7) is 2.91. The predicted molar refractivity (Wildman–Crippen MR) is 79.7 cm³/mol. The zero-order valence-corrected chi connectivity index (χ0v) is 12.2. The second-order valence-electron chi connectivity index (χ2n) is 5.28. The number of aromatic hydroxyl groups is 1. The Morgan fingerprint density at radius 1 is 1.43 bits per heavy atom. The Morgan fingerprint density at radius 3 is 3.00 bits per heavy atom. The molecule has 21 heavy (non-hydrogen) atoms. The van der Waals surface area contributed by atoms with Gasteiger partial charge in [-0.2, -0.15) is 0 Å². The highest BCUT2D eigenvalue weighted by molar-refractivity contribution is 5.97. The van der Waals surface area contributed by atoms with Crippen LogP contribution in [0.25, 0.3) is 0 Å². The number of anilines is 1. The Balaban J connectivity index is 1.89. The van der Waals surface area contributed by atoms with E-state index in [1.54, 1.807) is 6.07 Å². The normalized spacial score (nSPS) is 15.0. The van der Waals surface area contributed by atoms with Gasteiger partial charge in [-0.3, -0.25) is 4.79 Å². The van der Waals surface area contributed by atoms with Crippen molar-refractivity contribution in [2.75, 3.05) is 25.1 Å². The molecule has 6 nitrogen and oxygen atoms in total. The van der Waals surface area contributed by atoms with Crippen LogP contribution in [0, 0.1) is 0 Å². The smallest absolute Gasteiger partial charge is 0.262 e. The molecule has 0 aromatic heterocycles. The summed E-state index contributed by atoms with van der Waals surface area (Å²) in [5, 5.41) is 24.5. The van der Waals surface area contributed by atoms with E-state index in [0.29, 0.717) is 11.4 Å². The second-order valence-corrected chi connectivity index (χ2v) is 5.28. The maximum absolute atomic E-state index is 11.3. The van der Waals surface area contributed by atoms with Crippen molar-refractivity contribution >= 4 is 11.6 Å². The molecule has 1 atom stereocenters. The summed E-state index contributed by atoms with van der Waals surface area (Å²) < 4.78 is 5.44. The van der Waals surface area contributed by atoms with Crippen LogP contribution in [0.5, 0.6) is 11.5 Å². The number of aryl methyl sites for hydroxylation is 1. The van der Waals surface area contributed by atoms with Gasteiger partial charge in [-0.1, -0.05) is 6.07 Å². The summed E-state index contributed by atoms with van der Waals surface area (Å²) in [7, 11) is 0. The number of benzene rings is 1. The molecule has 4 N–H and O–H groups in total. The number of carbonyl (C=O) groups excluding carboxylic acids is 1. The van der Waals surface area contributed by atoms with E-state index in [0.717, 1.165) is 31.4 Å². The number of phenolic OH excluding ortho intramolecular Hbond substituents is 1. The van der Waals surface area contributed by atoms with Crippen molar-refractivity contribution in [1.29, 1.82) is 0 Å². The first kappa shape index (κ1) is 15.6. The predicted octanol–water partition coefficient (Wildman–Crippen LogP) is 1.02. The summed E-state index contributed by atoms with van der Waals surface area (Å²) in [5.41, 5.74) is 1.36. The molecule has 0 radical (unpaired) electrons. The van der Waals surface area contributed by atoms with E-state index in [1.807, 2.05) is 13.0 Å². The van der Waals surface area contributed by atoms with Crippen LogP contribution in [0.4, 0.5) is 5.69 Å².